The number of fused-ring (bicyclic) bond motifs is 1. The largest absolute Gasteiger partial charge is 0.340 e. The Morgan fingerprint density at radius 3 is 2.89 bits per heavy atom. The molecule has 19 heavy (non-hydrogen) atoms. The van der Waals surface area contributed by atoms with Crippen LogP contribution < -0.4 is 5.32 Å². The van der Waals surface area contributed by atoms with E-state index >= 15 is 0 Å². The van der Waals surface area contributed by atoms with Gasteiger partial charge < -0.3 is 5.32 Å². The number of nitrogens with one attached hydrogen (secondary N) is 1. The van der Waals surface area contributed by atoms with Crippen LogP contribution in [0.25, 0.3) is 5.78 Å². The number of halogens is 1. The lowest BCUT2D eigenvalue weighted by Gasteiger charge is -2.12. The molecular weight excluding hydrogens is 245 g/mol. The number of aryl methyl sites for hydroxylation is 1. The highest BCUT2D eigenvalue weighted by molar-refractivity contribution is 5.62. The monoisotopic (exact) mass is 257 g/mol. The third-order valence-electron chi connectivity index (χ3n) is 2.99. The second-order valence-electron chi connectivity index (χ2n) is 4.28. The van der Waals surface area contributed by atoms with Gasteiger partial charge in [-0.05, 0) is 32.0 Å². The van der Waals surface area contributed by atoms with Gasteiger partial charge in [-0.25, -0.2) is 9.37 Å². The number of anilines is 2. The normalized spacial score (nSPS) is 10.9. The van der Waals surface area contributed by atoms with E-state index in [1.165, 1.54) is 18.5 Å². The number of hydrogen-bond acceptors (Lipinski definition) is 4. The van der Waals surface area contributed by atoms with Crippen molar-refractivity contribution in [1.29, 1.82) is 0 Å². The number of benzene rings is 1. The molecule has 0 aliphatic heterocycles. The minimum absolute atomic E-state index is 0.289. The number of hydrogen-bond donors (Lipinski definition) is 1. The van der Waals surface area contributed by atoms with Gasteiger partial charge in [0.1, 0.15) is 18.0 Å². The second-order valence-corrected chi connectivity index (χ2v) is 4.28. The predicted molar refractivity (Wildman–Crippen MR) is 69.9 cm³/mol. The van der Waals surface area contributed by atoms with Crippen LogP contribution in [0.3, 0.4) is 0 Å². The minimum atomic E-state index is -0.289. The van der Waals surface area contributed by atoms with E-state index in [0.29, 0.717) is 11.5 Å². The lowest BCUT2D eigenvalue weighted by molar-refractivity contribution is 0.628. The first-order valence-corrected chi connectivity index (χ1v) is 5.84. The van der Waals surface area contributed by atoms with Gasteiger partial charge in [0.25, 0.3) is 5.78 Å². The van der Waals surface area contributed by atoms with Crippen LogP contribution in [0, 0.1) is 19.7 Å². The molecule has 0 aliphatic carbocycles. The third kappa shape index (κ3) is 2.01. The molecule has 2 aromatic heterocycles. The number of nitrogens with zero attached hydrogens (tertiary/aromatic N) is 4. The Bertz CT molecular complexity index is 750. The summed E-state index contributed by atoms with van der Waals surface area (Å²) in [5.41, 5.74) is 2.46. The van der Waals surface area contributed by atoms with Gasteiger partial charge in [0.05, 0.1) is 0 Å². The SMILES string of the molecule is Cc1nc2ncnn2c(Nc2cccc(F)c2)c1C. The molecule has 0 saturated carbocycles. The summed E-state index contributed by atoms with van der Waals surface area (Å²) in [7, 11) is 0. The van der Waals surface area contributed by atoms with Gasteiger partial charge in [-0.2, -0.15) is 14.6 Å². The molecule has 0 unspecified atom stereocenters. The Hall–Kier alpha value is -2.50. The lowest BCUT2D eigenvalue weighted by atomic mass is 10.2. The molecule has 5 nitrogen and oxygen atoms in total. The van der Waals surface area contributed by atoms with Crippen LogP contribution in [0.5, 0.6) is 0 Å². The molecule has 0 spiro atoms. The van der Waals surface area contributed by atoms with Gasteiger partial charge in [-0.3, -0.25) is 0 Å². The van der Waals surface area contributed by atoms with E-state index < -0.39 is 0 Å². The highest BCUT2D eigenvalue weighted by atomic mass is 19.1. The van der Waals surface area contributed by atoms with Crippen LogP contribution in [-0.2, 0) is 0 Å². The summed E-state index contributed by atoms with van der Waals surface area (Å²) in [6.45, 7) is 3.84. The van der Waals surface area contributed by atoms with E-state index in [4.69, 9.17) is 0 Å². The zero-order chi connectivity index (χ0) is 13.4. The second kappa shape index (κ2) is 4.31. The Morgan fingerprint density at radius 2 is 2.11 bits per heavy atom. The molecule has 0 fully saturated rings. The first-order chi connectivity index (χ1) is 9.15. The van der Waals surface area contributed by atoms with Crippen molar-refractivity contribution in [3.63, 3.8) is 0 Å². The van der Waals surface area contributed by atoms with Crippen LogP contribution in [0.15, 0.2) is 30.6 Å². The number of rotatable bonds is 2. The highest BCUT2D eigenvalue weighted by Crippen LogP contribution is 2.22. The van der Waals surface area contributed by atoms with Gasteiger partial charge in [0.15, 0.2) is 0 Å². The molecule has 0 aliphatic rings. The predicted octanol–water partition coefficient (Wildman–Crippen LogP) is 2.62. The van der Waals surface area contributed by atoms with Crippen LogP contribution in [0.1, 0.15) is 11.3 Å². The summed E-state index contributed by atoms with van der Waals surface area (Å²) in [6.07, 6.45) is 1.44. The van der Waals surface area contributed by atoms with Gasteiger partial charge in [0, 0.05) is 16.9 Å². The Morgan fingerprint density at radius 1 is 1.26 bits per heavy atom. The smallest absolute Gasteiger partial charge is 0.254 e. The van der Waals surface area contributed by atoms with E-state index in [1.54, 1.807) is 16.6 Å². The van der Waals surface area contributed by atoms with Crippen molar-refractivity contribution >= 4 is 17.3 Å². The van der Waals surface area contributed by atoms with E-state index in [-0.39, 0.29) is 5.82 Å². The summed E-state index contributed by atoms with van der Waals surface area (Å²) in [5.74, 6) is 0.968. The molecule has 96 valence electrons. The quantitative estimate of drug-likeness (QED) is 0.766. The fourth-order valence-corrected chi connectivity index (χ4v) is 1.88. The van der Waals surface area contributed by atoms with Crippen LogP contribution in [0.2, 0.25) is 0 Å². The van der Waals surface area contributed by atoms with Crippen molar-refractivity contribution in [1.82, 2.24) is 19.6 Å². The molecule has 0 bridgehead atoms. The van der Waals surface area contributed by atoms with Gasteiger partial charge >= 0.3 is 0 Å². The molecule has 1 N–H and O–H groups in total. The minimum Gasteiger partial charge on any atom is -0.340 e. The topological polar surface area (TPSA) is 55.1 Å². The molecule has 0 saturated heterocycles. The summed E-state index contributed by atoms with van der Waals surface area (Å²) in [5, 5.41) is 7.29. The molecule has 2 heterocycles. The Balaban J connectivity index is 2.14. The van der Waals surface area contributed by atoms with E-state index in [9.17, 15) is 4.39 Å². The van der Waals surface area contributed by atoms with Crippen molar-refractivity contribution in [2.75, 3.05) is 5.32 Å². The summed E-state index contributed by atoms with van der Waals surface area (Å²) in [6, 6.07) is 6.28. The molecule has 0 amide bonds. The Labute approximate surface area is 109 Å². The average molecular weight is 257 g/mol. The summed E-state index contributed by atoms with van der Waals surface area (Å²) >= 11 is 0. The zero-order valence-corrected chi connectivity index (χ0v) is 10.6. The molecular formula is C13H12FN5. The van der Waals surface area contributed by atoms with Crippen LogP contribution in [-0.4, -0.2) is 19.6 Å². The van der Waals surface area contributed by atoms with Gasteiger partial charge in [-0.1, -0.05) is 6.07 Å². The average Bonchev–Trinajstić information content (AvgIpc) is 2.83. The fraction of sp³-hybridized carbons (Fsp3) is 0.154. The lowest BCUT2D eigenvalue weighted by Crippen LogP contribution is -2.06. The van der Waals surface area contributed by atoms with Crippen molar-refractivity contribution in [2.45, 2.75) is 13.8 Å². The molecule has 3 aromatic rings. The van der Waals surface area contributed by atoms with Crippen molar-refractivity contribution in [3.8, 4) is 0 Å². The molecule has 3 rings (SSSR count). The molecule has 0 radical (unpaired) electrons. The van der Waals surface area contributed by atoms with Crippen LogP contribution in [0.4, 0.5) is 15.9 Å². The van der Waals surface area contributed by atoms with Crippen molar-refractivity contribution in [3.05, 3.63) is 47.7 Å². The maximum Gasteiger partial charge on any atom is 0.254 e. The first kappa shape index (κ1) is 11.6. The first-order valence-electron chi connectivity index (χ1n) is 5.84. The fourth-order valence-electron chi connectivity index (χ4n) is 1.88. The highest BCUT2D eigenvalue weighted by Gasteiger charge is 2.11. The summed E-state index contributed by atoms with van der Waals surface area (Å²) < 4.78 is 14.8. The molecule has 1 aromatic carbocycles. The van der Waals surface area contributed by atoms with E-state index in [2.05, 4.69) is 20.4 Å². The van der Waals surface area contributed by atoms with Crippen molar-refractivity contribution in [2.24, 2.45) is 0 Å². The maximum atomic E-state index is 13.2. The molecule has 6 heteroatoms. The Kier molecular flexibility index (Phi) is 2.63. The molecule has 0 atom stereocenters. The van der Waals surface area contributed by atoms with Crippen molar-refractivity contribution < 1.29 is 4.39 Å². The van der Waals surface area contributed by atoms with Crippen LogP contribution >= 0.6 is 0 Å². The van der Waals surface area contributed by atoms with E-state index in [0.717, 1.165) is 17.1 Å². The van der Waals surface area contributed by atoms with E-state index in [1.807, 2.05) is 13.8 Å². The third-order valence-corrected chi connectivity index (χ3v) is 2.99. The maximum absolute atomic E-state index is 13.2. The van der Waals surface area contributed by atoms with Gasteiger partial charge in [-0.15, -0.1) is 0 Å². The van der Waals surface area contributed by atoms with Gasteiger partial charge in [0.2, 0.25) is 0 Å². The zero-order valence-electron chi connectivity index (χ0n) is 10.6. The number of aromatic nitrogens is 4. The summed E-state index contributed by atoms with van der Waals surface area (Å²) in [4.78, 5) is 8.40. The standard InChI is InChI=1S/C13H12FN5/c1-8-9(2)17-13-15-7-16-19(13)12(8)18-11-5-3-4-10(14)6-11/h3-7,18H,1-2H3.